The normalized spacial score (nSPS) is 10.7. The van der Waals surface area contributed by atoms with Crippen LogP contribution in [0.1, 0.15) is 17.5 Å². The molecule has 3 nitrogen and oxygen atoms in total. The van der Waals surface area contributed by atoms with Crippen LogP contribution in [-0.2, 0) is 15.1 Å². The van der Waals surface area contributed by atoms with Gasteiger partial charge in [0, 0.05) is 6.42 Å². The van der Waals surface area contributed by atoms with Crippen molar-refractivity contribution in [2.45, 2.75) is 12.0 Å². The van der Waals surface area contributed by atoms with Crippen LogP contribution in [0.25, 0.3) is 0 Å². The van der Waals surface area contributed by atoms with Crippen molar-refractivity contribution in [1.29, 1.82) is 0 Å². The number of benzene rings is 2. The molecule has 0 amide bonds. The van der Waals surface area contributed by atoms with Gasteiger partial charge in [-0.15, -0.1) is 12.3 Å². The molecule has 0 aliphatic rings. The molecule has 0 spiro atoms. The van der Waals surface area contributed by atoms with Gasteiger partial charge in [0.15, 0.2) is 0 Å². The van der Waals surface area contributed by atoms with Crippen LogP contribution in [0.15, 0.2) is 60.7 Å². The van der Waals surface area contributed by atoms with Crippen molar-refractivity contribution in [3.63, 3.8) is 0 Å². The smallest absolute Gasteiger partial charge is 0.347 e. The van der Waals surface area contributed by atoms with Gasteiger partial charge in [-0.1, -0.05) is 60.7 Å². The van der Waals surface area contributed by atoms with Crippen molar-refractivity contribution >= 4 is 5.97 Å². The fourth-order valence-electron chi connectivity index (χ4n) is 2.07. The maximum Gasteiger partial charge on any atom is 0.347 e. The van der Waals surface area contributed by atoms with E-state index in [4.69, 9.17) is 11.2 Å². The number of carbonyl (C=O) groups excluding carboxylic acids is 1. The maximum atomic E-state index is 12.4. The Balaban J connectivity index is 2.40. The van der Waals surface area contributed by atoms with Crippen LogP contribution in [0, 0.1) is 12.3 Å². The molecule has 0 saturated carbocycles. The predicted octanol–water partition coefficient (Wildman–Crippen LogP) is 2.49. The molecule has 106 valence electrons. The predicted molar refractivity (Wildman–Crippen MR) is 80.3 cm³/mol. The second-order valence-electron chi connectivity index (χ2n) is 4.53. The summed E-state index contributed by atoms with van der Waals surface area (Å²) in [6, 6.07) is 17.4. The summed E-state index contributed by atoms with van der Waals surface area (Å²) in [5.41, 5.74) is -0.916. The monoisotopic (exact) mass is 280 g/mol. The average molecular weight is 280 g/mol. The first-order chi connectivity index (χ1) is 10.2. The van der Waals surface area contributed by atoms with E-state index in [2.05, 4.69) is 5.92 Å². The van der Waals surface area contributed by atoms with Gasteiger partial charge in [-0.2, -0.15) is 0 Å². The van der Waals surface area contributed by atoms with Gasteiger partial charge in [-0.05, 0) is 11.1 Å². The van der Waals surface area contributed by atoms with Gasteiger partial charge in [0.2, 0.25) is 5.60 Å². The second kappa shape index (κ2) is 6.74. The van der Waals surface area contributed by atoms with E-state index in [1.165, 1.54) is 0 Å². The fraction of sp³-hybridized carbons (Fsp3) is 0.167. The first-order valence-corrected chi connectivity index (χ1v) is 6.63. The van der Waals surface area contributed by atoms with E-state index >= 15 is 0 Å². The van der Waals surface area contributed by atoms with Crippen molar-refractivity contribution in [1.82, 2.24) is 0 Å². The first kappa shape index (κ1) is 14.8. The van der Waals surface area contributed by atoms with Crippen molar-refractivity contribution in [3.8, 4) is 12.3 Å². The average Bonchev–Trinajstić information content (AvgIpc) is 2.56. The van der Waals surface area contributed by atoms with Gasteiger partial charge in [-0.25, -0.2) is 4.79 Å². The molecule has 0 atom stereocenters. The van der Waals surface area contributed by atoms with Crippen molar-refractivity contribution in [3.05, 3.63) is 71.8 Å². The summed E-state index contributed by atoms with van der Waals surface area (Å²) in [6.45, 7) is 0.0807. The summed E-state index contributed by atoms with van der Waals surface area (Å²) in [5.74, 6) is 1.67. The highest BCUT2D eigenvalue weighted by Gasteiger charge is 2.41. The van der Waals surface area contributed by atoms with Crippen molar-refractivity contribution < 1.29 is 14.6 Å². The molecule has 0 radical (unpaired) electrons. The van der Waals surface area contributed by atoms with Crippen LogP contribution in [-0.4, -0.2) is 17.7 Å². The molecule has 3 heteroatoms. The number of hydrogen-bond acceptors (Lipinski definition) is 3. The minimum absolute atomic E-state index is 0.0807. The zero-order valence-electron chi connectivity index (χ0n) is 11.5. The molecule has 0 unspecified atom stereocenters. The second-order valence-corrected chi connectivity index (χ2v) is 4.53. The quantitative estimate of drug-likeness (QED) is 0.520. The lowest BCUT2D eigenvalue weighted by atomic mass is 9.86. The molecule has 0 fully saturated rings. The van der Waals surface area contributed by atoms with Gasteiger partial charge in [0.25, 0.3) is 0 Å². The standard InChI is InChI=1S/C18H16O3/c1-2-3-14-21-17(19)18(20,15-10-6-4-7-11-15)16-12-8-5-9-13-16/h1,4-13,20H,3,14H2. The zero-order chi connectivity index (χ0) is 15.1. The van der Waals surface area contributed by atoms with Crippen LogP contribution < -0.4 is 0 Å². The Hall–Kier alpha value is -2.57. The van der Waals surface area contributed by atoms with E-state index in [1.807, 2.05) is 12.1 Å². The number of hydrogen-bond donors (Lipinski definition) is 1. The lowest BCUT2D eigenvalue weighted by Gasteiger charge is -2.26. The highest BCUT2D eigenvalue weighted by atomic mass is 16.5. The molecule has 2 rings (SSSR count). The van der Waals surface area contributed by atoms with Gasteiger partial charge < -0.3 is 9.84 Å². The van der Waals surface area contributed by atoms with E-state index in [9.17, 15) is 9.90 Å². The summed E-state index contributed by atoms with van der Waals surface area (Å²) in [7, 11) is 0. The third-order valence-electron chi connectivity index (χ3n) is 3.16. The fourth-order valence-corrected chi connectivity index (χ4v) is 2.07. The zero-order valence-corrected chi connectivity index (χ0v) is 11.5. The Morgan fingerprint density at radius 3 is 1.95 bits per heavy atom. The topological polar surface area (TPSA) is 46.5 Å². The molecule has 2 aromatic rings. The number of rotatable bonds is 5. The van der Waals surface area contributed by atoms with E-state index in [0.717, 1.165) is 0 Å². The Labute approximate surface area is 124 Å². The van der Waals surface area contributed by atoms with Crippen LogP contribution >= 0.6 is 0 Å². The summed E-state index contributed by atoms with van der Waals surface area (Å²) in [4.78, 5) is 12.4. The number of esters is 1. The SMILES string of the molecule is C#CCCOC(=O)C(O)(c1ccccc1)c1ccccc1. The molecule has 0 aliphatic carbocycles. The molecule has 0 bridgehead atoms. The number of aliphatic hydroxyl groups is 1. The van der Waals surface area contributed by atoms with E-state index in [0.29, 0.717) is 17.5 Å². The highest BCUT2D eigenvalue weighted by molar-refractivity contribution is 5.85. The number of carbonyl (C=O) groups is 1. The van der Waals surface area contributed by atoms with Crippen LogP contribution in [0.5, 0.6) is 0 Å². The number of ether oxygens (including phenoxy) is 1. The lowest BCUT2D eigenvalue weighted by Crippen LogP contribution is -2.38. The highest BCUT2D eigenvalue weighted by Crippen LogP contribution is 2.30. The largest absolute Gasteiger partial charge is 0.462 e. The minimum Gasteiger partial charge on any atom is -0.462 e. The molecular formula is C18H16O3. The molecule has 1 N–H and O–H groups in total. The minimum atomic E-state index is -1.84. The Kier molecular flexibility index (Phi) is 4.76. The van der Waals surface area contributed by atoms with Crippen molar-refractivity contribution in [2.75, 3.05) is 6.61 Å². The van der Waals surface area contributed by atoms with Crippen LogP contribution in [0.2, 0.25) is 0 Å². The Morgan fingerprint density at radius 2 is 1.52 bits per heavy atom. The molecule has 0 aliphatic heterocycles. The molecule has 0 heterocycles. The van der Waals surface area contributed by atoms with E-state index < -0.39 is 11.6 Å². The van der Waals surface area contributed by atoms with Crippen molar-refractivity contribution in [2.24, 2.45) is 0 Å². The van der Waals surface area contributed by atoms with E-state index in [1.54, 1.807) is 48.5 Å². The Morgan fingerprint density at radius 1 is 1.05 bits per heavy atom. The maximum absolute atomic E-state index is 12.4. The van der Waals surface area contributed by atoms with Gasteiger partial charge in [0.05, 0.1) is 0 Å². The molecular weight excluding hydrogens is 264 g/mol. The molecule has 0 saturated heterocycles. The molecule has 2 aromatic carbocycles. The van der Waals surface area contributed by atoms with Crippen LogP contribution in [0.4, 0.5) is 0 Å². The summed E-state index contributed by atoms with van der Waals surface area (Å²) < 4.78 is 5.12. The lowest BCUT2D eigenvalue weighted by molar-refractivity contribution is -0.162. The first-order valence-electron chi connectivity index (χ1n) is 6.63. The van der Waals surface area contributed by atoms with Crippen LogP contribution in [0.3, 0.4) is 0 Å². The number of terminal acetylenes is 1. The summed E-state index contributed by atoms with van der Waals surface area (Å²) in [5, 5.41) is 11.0. The molecule has 21 heavy (non-hydrogen) atoms. The summed E-state index contributed by atoms with van der Waals surface area (Å²) >= 11 is 0. The third kappa shape index (κ3) is 3.13. The van der Waals surface area contributed by atoms with E-state index in [-0.39, 0.29) is 6.61 Å². The summed E-state index contributed by atoms with van der Waals surface area (Å²) in [6.07, 6.45) is 5.45. The van der Waals surface area contributed by atoms with Gasteiger partial charge in [0.1, 0.15) is 6.61 Å². The molecule has 0 aromatic heterocycles. The Bertz CT molecular complexity index is 587. The van der Waals surface area contributed by atoms with Gasteiger partial charge >= 0.3 is 5.97 Å². The van der Waals surface area contributed by atoms with Gasteiger partial charge in [-0.3, -0.25) is 0 Å². The third-order valence-corrected chi connectivity index (χ3v) is 3.16.